The van der Waals surface area contributed by atoms with Crippen molar-refractivity contribution in [3.05, 3.63) is 54.1 Å². The van der Waals surface area contributed by atoms with Crippen LogP contribution in [-0.4, -0.2) is 61.4 Å². The average Bonchev–Trinajstić information content (AvgIpc) is 3.45. The Hall–Kier alpha value is -2.69. The maximum atomic E-state index is 14.2. The molecule has 1 N–H and O–H groups in total. The standard InChI is InChI=1S/C24H25F3N4O2S/c25-24(26,27)23(8-9-30(16-23)15-17-4-2-1-3-5-17)21(32)28-18-6-7-19-20(14-18)34-22(29-19)31-10-12-33-13-11-31/h1-7,14H,8-13,15-16H2,(H,28,32). The van der Waals surface area contributed by atoms with E-state index < -0.39 is 17.5 Å². The molecule has 0 bridgehead atoms. The fourth-order valence-corrected chi connectivity index (χ4v) is 5.60. The van der Waals surface area contributed by atoms with Crippen LogP contribution in [0, 0.1) is 5.41 Å². The first-order chi connectivity index (χ1) is 16.3. The quantitative estimate of drug-likeness (QED) is 0.570. The lowest BCUT2D eigenvalue weighted by atomic mass is 9.85. The maximum absolute atomic E-state index is 14.2. The van der Waals surface area contributed by atoms with Crippen LogP contribution in [0.5, 0.6) is 0 Å². The Labute approximate surface area is 199 Å². The third kappa shape index (κ3) is 4.49. The molecule has 1 aromatic heterocycles. The summed E-state index contributed by atoms with van der Waals surface area (Å²) in [4.78, 5) is 21.5. The fourth-order valence-electron chi connectivity index (χ4n) is 4.54. The monoisotopic (exact) mass is 490 g/mol. The summed E-state index contributed by atoms with van der Waals surface area (Å²) in [5.41, 5.74) is -0.416. The van der Waals surface area contributed by atoms with Crippen LogP contribution >= 0.6 is 11.3 Å². The van der Waals surface area contributed by atoms with Gasteiger partial charge in [0.05, 0.1) is 23.4 Å². The number of hydrogen-bond donors (Lipinski definition) is 1. The summed E-state index contributed by atoms with van der Waals surface area (Å²) in [5, 5.41) is 3.40. The number of carbonyl (C=O) groups excluding carboxylic acids is 1. The Balaban J connectivity index is 1.33. The van der Waals surface area contributed by atoms with E-state index in [1.54, 1.807) is 23.1 Å². The van der Waals surface area contributed by atoms with Crippen molar-refractivity contribution in [2.24, 2.45) is 5.41 Å². The highest BCUT2D eigenvalue weighted by Crippen LogP contribution is 2.46. The number of amides is 1. The second kappa shape index (κ2) is 9.16. The molecule has 2 fully saturated rings. The van der Waals surface area contributed by atoms with Crippen LogP contribution in [0.1, 0.15) is 12.0 Å². The van der Waals surface area contributed by atoms with E-state index in [2.05, 4.69) is 15.2 Å². The van der Waals surface area contributed by atoms with Crippen molar-refractivity contribution in [3.8, 4) is 0 Å². The molecule has 0 aliphatic carbocycles. The molecule has 3 aromatic rings. The molecule has 1 unspecified atom stereocenters. The summed E-state index contributed by atoms with van der Waals surface area (Å²) < 4.78 is 48.9. The number of nitrogens with one attached hydrogen (secondary N) is 1. The Morgan fingerprint density at radius 3 is 2.62 bits per heavy atom. The molecule has 1 amide bonds. The van der Waals surface area contributed by atoms with Gasteiger partial charge in [-0.3, -0.25) is 9.69 Å². The van der Waals surface area contributed by atoms with E-state index in [-0.39, 0.29) is 19.5 Å². The van der Waals surface area contributed by atoms with Crippen molar-refractivity contribution in [1.29, 1.82) is 0 Å². The third-order valence-corrected chi connectivity index (χ3v) is 7.57. The van der Waals surface area contributed by atoms with E-state index in [1.165, 1.54) is 11.3 Å². The van der Waals surface area contributed by atoms with E-state index in [0.717, 1.165) is 34.0 Å². The molecule has 0 radical (unpaired) electrons. The molecule has 5 rings (SSSR count). The van der Waals surface area contributed by atoms with E-state index in [9.17, 15) is 18.0 Å². The molecular weight excluding hydrogens is 465 g/mol. The normalized spacial score (nSPS) is 21.8. The Bertz CT molecular complexity index is 1160. The number of aromatic nitrogens is 1. The number of rotatable bonds is 5. The highest BCUT2D eigenvalue weighted by molar-refractivity contribution is 7.22. The number of fused-ring (bicyclic) bond motifs is 1. The van der Waals surface area contributed by atoms with Crippen LogP contribution in [-0.2, 0) is 16.1 Å². The fraction of sp³-hybridized carbons (Fsp3) is 0.417. The molecule has 10 heteroatoms. The van der Waals surface area contributed by atoms with Crippen molar-refractivity contribution in [3.63, 3.8) is 0 Å². The number of morpholine rings is 1. The zero-order chi connectivity index (χ0) is 23.8. The minimum Gasteiger partial charge on any atom is -0.378 e. The predicted molar refractivity (Wildman–Crippen MR) is 126 cm³/mol. The molecule has 2 aliphatic heterocycles. The first kappa shape index (κ1) is 23.1. The van der Waals surface area contributed by atoms with Crippen LogP contribution in [0.2, 0.25) is 0 Å². The lowest BCUT2D eigenvalue weighted by Crippen LogP contribution is -2.49. The smallest absolute Gasteiger partial charge is 0.378 e. The molecule has 6 nitrogen and oxygen atoms in total. The van der Waals surface area contributed by atoms with Crippen molar-refractivity contribution in [1.82, 2.24) is 9.88 Å². The van der Waals surface area contributed by atoms with Gasteiger partial charge >= 0.3 is 6.18 Å². The number of hydrogen-bond acceptors (Lipinski definition) is 6. The van der Waals surface area contributed by atoms with Crippen molar-refractivity contribution < 1.29 is 22.7 Å². The van der Waals surface area contributed by atoms with Crippen LogP contribution < -0.4 is 10.2 Å². The number of carbonyl (C=O) groups is 1. The van der Waals surface area contributed by atoms with Gasteiger partial charge in [-0.2, -0.15) is 13.2 Å². The second-order valence-electron chi connectivity index (χ2n) is 8.76. The van der Waals surface area contributed by atoms with Gasteiger partial charge in [0.15, 0.2) is 10.5 Å². The lowest BCUT2D eigenvalue weighted by molar-refractivity contribution is -0.215. The van der Waals surface area contributed by atoms with Crippen molar-refractivity contribution in [2.45, 2.75) is 19.1 Å². The first-order valence-corrected chi connectivity index (χ1v) is 12.0. The first-order valence-electron chi connectivity index (χ1n) is 11.2. The minimum atomic E-state index is -4.65. The number of halogens is 3. The van der Waals surface area contributed by atoms with Gasteiger partial charge in [-0.05, 0) is 36.7 Å². The molecule has 0 spiro atoms. The van der Waals surface area contributed by atoms with E-state index in [4.69, 9.17) is 4.74 Å². The van der Waals surface area contributed by atoms with E-state index in [1.807, 2.05) is 30.3 Å². The number of benzene rings is 2. The van der Waals surface area contributed by atoms with Gasteiger partial charge in [-0.15, -0.1) is 0 Å². The molecule has 34 heavy (non-hydrogen) atoms. The summed E-state index contributed by atoms with van der Waals surface area (Å²) in [6, 6.07) is 14.4. The number of alkyl halides is 3. The number of anilines is 2. The second-order valence-corrected chi connectivity index (χ2v) is 9.77. The van der Waals surface area contributed by atoms with Gasteiger partial charge in [0.25, 0.3) is 0 Å². The molecule has 2 aliphatic rings. The summed E-state index contributed by atoms with van der Waals surface area (Å²) in [6.45, 7) is 2.99. The lowest BCUT2D eigenvalue weighted by Gasteiger charge is -2.30. The maximum Gasteiger partial charge on any atom is 0.404 e. The van der Waals surface area contributed by atoms with Crippen LogP contribution in [0.25, 0.3) is 10.2 Å². The van der Waals surface area contributed by atoms with Gasteiger partial charge in [-0.1, -0.05) is 41.7 Å². The average molecular weight is 491 g/mol. The van der Waals surface area contributed by atoms with E-state index in [0.29, 0.717) is 25.4 Å². The third-order valence-electron chi connectivity index (χ3n) is 6.49. The van der Waals surface area contributed by atoms with Crippen molar-refractivity contribution >= 4 is 38.3 Å². The summed E-state index contributed by atoms with van der Waals surface area (Å²) >= 11 is 1.46. The largest absolute Gasteiger partial charge is 0.404 e. The molecule has 2 aromatic carbocycles. The minimum absolute atomic E-state index is 0.207. The number of likely N-dealkylation sites (tertiary alicyclic amines) is 1. The Kier molecular flexibility index (Phi) is 6.22. The topological polar surface area (TPSA) is 57.7 Å². The Morgan fingerprint density at radius 2 is 1.88 bits per heavy atom. The summed E-state index contributed by atoms with van der Waals surface area (Å²) in [6.07, 6.45) is -4.92. The SMILES string of the molecule is O=C(Nc1ccc2nc(N3CCOCC3)sc2c1)C1(C(F)(F)F)CCN(Cc2ccccc2)C1. The van der Waals surface area contributed by atoms with Gasteiger partial charge < -0.3 is 15.0 Å². The predicted octanol–water partition coefficient (Wildman–Crippen LogP) is 4.53. The van der Waals surface area contributed by atoms with Crippen LogP contribution in [0.3, 0.4) is 0 Å². The van der Waals surface area contributed by atoms with Gasteiger partial charge in [0.1, 0.15) is 0 Å². The molecule has 180 valence electrons. The van der Waals surface area contributed by atoms with Gasteiger partial charge in [-0.25, -0.2) is 4.98 Å². The van der Waals surface area contributed by atoms with Crippen LogP contribution in [0.15, 0.2) is 48.5 Å². The number of nitrogens with zero attached hydrogens (tertiary/aromatic N) is 3. The van der Waals surface area contributed by atoms with Gasteiger partial charge in [0, 0.05) is 31.9 Å². The Morgan fingerprint density at radius 1 is 1.12 bits per heavy atom. The zero-order valence-corrected chi connectivity index (χ0v) is 19.3. The summed E-state index contributed by atoms with van der Waals surface area (Å²) in [7, 11) is 0. The van der Waals surface area contributed by atoms with Crippen molar-refractivity contribution in [2.75, 3.05) is 49.6 Å². The number of thiazole rings is 1. The highest BCUT2D eigenvalue weighted by Gasteiger charge is 2.63. The molecule has 1 atom stereocenters. The molecular formula is C24H25F3N4O2S. The number of ether oxygens (including phenoxy) is 1. The van der Waals surface area contributed by atoms with E-state index >= 15 is 0 Å². The molecule has 0 saturated carbocycles. The highest BCUT2D eigenvalue weighted by atomic mass is 32.1. The zero-order valence-electron chi connectivity index (χ0n) is 18.5. The summed E-state index contributed by atoms with van der Waals surface area (Å²) in [5.74, 6) is -1.01. The molecule has 3 heterocycles. The van der Waals surface area contributed by atoms with Gasteiger partial charge in [0.2, 0.25) is 5.91 Å². The van der Waals surface area contributed by atoms with Crippen LogP contribution in [0.4, 0.5) is 24.0 Å². The molecule has 2 saturated heterocycles.